The van der Waals surface area contributed by atoms with E-state index >= 15 is 0 Å². The van der Waals surface area contributed by atoms with Crippen molar-refractivity contribution in [2.75, 3.05) is 13.2 Å². The minimum absolute atomic E-state index is 0.343. The van der Waals surface area contributed by atoms with Gasteiger partial charge in [-0.15, -0.1) is 0 Å². The Kier molecular flexibility index (Phi) is 14.5. The maximum Gasteiger partial charge on any atom is 0.330 e. The first-order chi connectivity index (χ1) is 14.7. The van der Waals surface area contributed by atoms with Crippen molar-refractivity contribution in [1.82, 2.24) is 0 Å². The minimum atomic E-state index is -0.343. The topological polar surface area (TPSA) is 52.6 Å². The third kappa shape index (κ3) is 12.7. The van der Waals surface area contributed by atoms with Gasteiger partial charge in [-0.1, -0.05) is 84.3 Å². The Labute approximate surface area is 187 Å². The highest BCUT2D eigenvalue weighted by Gasteiger charge is 1.99. The fourth-order valence-corrected chi connectivity index (χ4v) is 3.47. The number of hydrogen-bond acceptors (Lipinski definition) is 6. The van der Waals surface area contributed by atoms with Crippen LogP contribution in [0.3, 0.4) is 0 Å². The maximum absolute atomic E-state index is 11.2. The number of esters is 2. The van der Waals surface area contributed by atoms with Crippen LogP contribution >= 0.6 is 23.5 Å². The maximum atomic E-state index is 11.2. The molecule has 0 atom stereocenters. The van der Waals surface area contributed by atoms with Crippen LogP contribution in [0.1, 0.15) is 13.8 Å². The highest BCUT2D eigenvalue weighted by atomic mass is 32.2. The first-order valence-electron chi connectivity index (χ1n) is 9.43. The number of hydrogen-bond donors (Lipinski definition) is 0. The summed E-state index contributed by atoms with van der Waals surface area (Å²) in [5, 5.41) is 3.97. The zero-order chi connectivity index (χ0) is 21.9. The van der Waals surface area contributed by atoms with E-state index in [4.69, 9.17) is 9.47 Å². The molecule has 0 aliphatic heterocycles. The van der Waals surface area contributed by atoms with Crippen LogP contribution < -0.4 is 0 Å². The second-order valence-corrected chi connectivity index (χ2v) is 7.23. The summed E-state index contributed by atoms with van der Waals surface area (Å²) in [5.74, 6) is -0.686. The Morgan fingerprint density at radius 3 is 1.50 bits per heavy atom. The Morgan fingerprint density at radius 2 is 1.10 bits per heavy atom. The molecule has 0 saturated heterocycles. The van der Waals surface area contributed by atoms with Crippen molar-refractivity contribution in [3.8, 4) is 0 Å². The van der Waals surface area contributed by atoms with Crippen LogP contribution in [-0.2, 0) is 19.1 Å². The standard InChI is InChI=1S/C24H26O4S2/c1-3-27-23(25)17-9-5-7-13-19-29-21-15-11-12-16-22(21)30-20-14-8-6-10-18-24(26)28-4-2/h5-20H,3-4H2,1-2H3/b7-5+,8-6+,17-9+,18-10+,19-13+,20-14+. The molecule has 0 aliphatic carbocycles. The average Bonchev–Trinajstić information content (AvgIpc) is 2.73. The van der Waals surface area contributed by atoms with E-state index in [1.165, 1.54) is 12.2 Å². The molecule has 0 fully saturated rings. The first kappa shape index (κ1) is 25.3. The minimum Gasteiger partial charge on any atom is -0.463 e. The lowest BCUT2D eigenvalue weighted by atomic mass is 10.4. The molecule has 0 radical (unpaired) electrons. The van der Waals surface area contributed by atoms with Gasteiger partial charge in [0.25, 0.3) is 0 Å². The molecule has 158 valence electrons. The predicted octanol–water partition coefficient (Wildman–Crippen LogP) is 6.25. The van der Waals surface area contributed by atoms with Gasteiger partial charge in [0.2, 0.25) is 0 Å². The Hall–Kier alpha value is -2.70. The zero-order valence-corrected chi connectivity index (χ0v) is 18.7. The molecule has 0 aliphatic rings. The van der Waals surface area contributed by atoms with Crippen molar-refractivity contribution in [2.24, 2.45) is 0 Å². The van der Waals surface area contributed by atoms with E-state index in [0.29, 0.717) is 13.2 Å². The predicted molar refractivity (Wildman–Crippen MR) is 126 cm³/mol. The SMILES string of the molecule is CCOC(=O)/C=C/C=C/C=C/Sc1ccccc1S/C=C/C=C/C=C/C(=O)OCC. The van der Waals surface area contributed by atoms with E-state index in [1.807, 2.05) is 47.3 Å². The summed E-state index contributed by atoms with van der Waals surface area (Å²) in [6.45, 7) is 4.30. The lowest BCUT2D eigenvalue weighted by molar-refractivity contribution is -0.138. The van der Waals surface area contributed by atoms with Crippen molar-refractivity contribution in [1.29, 1.82) is 0 Å². The molecule has 0 amide bonds. The van der Waals surface area contributed by atoms with Gasteiger partial charge in [0.1, 0.15) is 0 Å². The quantitative estimate of drug-likeness (QED) is 0.165. The molecule has 4 nitrogen and oxygen atoms in total. The van der Waals surface area contributed by atoms with Gasteiger partial charge in [0, 0.05) is 21.9 Å². The Balaban J connectivity index is 2.48. The number of rotatable bonds is 12. The summed E-state index contributed by atoms with van der Waals surface area (Å²) in [7, 11) is 0. The fraction of sp³-hybridized carbons (Fsp3) is 0.167. The number of carbonyl (C=O) groups is 2. The molecule has 1 rings (SSSR count). The van der Waals surface area contributed by atoms with Crippen LogP contribution in [-0.4, -0.2) is 25.2 Å². The summed E-state index contributed by atoms with van der Waals surface area (Å²) in [4.78, 5) is 24.6. The number of thioether (sulfide) groups is 2. The molecule has 1 aromatic carbocycles. The monoisotopic (exact) mass is 442 g/mol. The fourth-order valence-electron chi connectivity index (χ4n) is 1.87. The number of carbonyl (C=O) groups excluding carboxylic acids is 2. The van der Waals surface area contributed by atoms with E-state index < -0.39 is 0 Å². The second kappa shape index (κ2) is 17.2. The molecule has 0 bridgehead atoms. The largest absolute Gasteiger partial charge is 0.463 e. The number of benzene rings is 1. The van der Waals surface area contributed by atoms with Gasteiger partial charge in [-0.3, -0.25) is 0 Å². The van der Waals surface area contributed by atoms with Gasteiger partial charge in [-0.2, -0.15) is 0 Å². The molecular weight excluding hydrogens is 416 g/mol. The summed E-state index contributed by atoms with van der Waals surface area (Å²) in [5.41, 5.74) is 0. The van der Waals surface area contributed by atoms with Crippen LogP contribution in [0, 0.1) is 0 Å². The van der Waals surface area contributed by atoms with Crippen molar-refractivity contribution in [2.45, 2.75) is 23.6 Å². The van der Waals surface area contributed by atoms with E-state index in [9.17, 15) is 9.59 Å². The van der Waals surface area contributed by atoms with Gasteiger partial charge in [-0.25, -0.2) is 9.59 Å². The van der Waals surface area contributed by atoms with Crippen molar-refractivity contribution in [3.63, 3.8) is 0 Å². The van der Waals surface area contributed by atoms with E-state index in [0.717, 1.165) is 9.79 Å². The normalized spacial score (nSPS) is 12.3. The van der Waals surface area contributed by atoms with Gasteiger partial charge in [0.05, 0.1) is 13.2 Å². The summed E-state index contributed by atoms with van der Waals surface area (Å²) >= 11 is 3.23. The van der Waals surface area contributed by atoms with Gasteiger partial charge in [0.15, 0.2) is 0 Å². The highest BCUT2D eigenvalue weighted by molar-refractivity contribution is 8.05. The number of ether oxygens (including phenoxy) is 2. The van der Waals surface area contributed by atoms with Crippen molar-refractivity contribution >= 4 is 35.5 Å². The van der Waals surface area contributed by atoms with E-state index in [-0.39, 0.29) is 11.9 Å². The highest BCUT2D eigenvalue weighted by Crippen LogP contribution is 2.31. The zero-order valence-electron chi connectivity index (χ0n) is 17.1. The third-order valence-electron chi connectivity index (χ3n) is 3.10. The smallest absolute Gasteiger partial charge is 0.330 e. The number of allylic oxidation sites excluding steroid dienone is 8. The molecule has 0 N–H and O–H groups in total. The van der Waals surface area contributed by atoms with Crippen molar-refractivity contribution < 1.29 is 19.1 Å². The van der Waals surface area contributed by atoms with Crippen LogP contribution in [0.4, 0.5) is 0 Å². The molecule has 0 heterocycles. The molecule has 0 unspecified atom stereocenters. The van der Waals surface area contributed by atoms with Crippen LogP contribution in [0.2, 0.25) is 0 Å². The molecular formula is C24H26O4S2. The Bertz CT molecular complexity index is 764. The van der Waals surface area contributed by atoms with E-state index in [2.05, 4.69) is 12.1 Å². The molecule has 30 heavy (non-hydrogen) atoms. The summed E-state index contributed by atoms with van der Waals surface area (Å²) < 4.78 is 9.61. The van der Waals surface area contributed by atoms with Crippen LogP contribution in [0.15, 0.2) is 106 Å². The third-order valence-corrected chi connectivity index (χ3v) is 5.04. The summed E-state index contributed by atoms with van der Waals surface area (Å²) in [6, 6.07) is 8.13. The lowest BCUT2D eigenvalue weighted by Gasteiger charge is -2.03. The Morgan fingerprint density at radius 1 is 0.700 bits per heavy atom. The molecule has 0 spiro atoms. The molecule has 0 saturated carbocycles. The van der Waals surface area contributed by atoms with E-state index in [1.54, 1.807) is 61.7 Å². The van der Waals surface area contributed by atoms with Gasteiger partial charge >= 0.3 is 11.9 Å². The van der Waals surface area contributed by atoms with Gasteiger partial charge in [-0.05, 0) is 36.8 Å². The average molecular weight is 443 g/mol. The van der Waals surface area contributed by atoms with Crippen LogP contribution in [0.25, 0.3) is 0 Å². The second-order valence-electron chi connectivity index (χ2n) is 5.33. The summed E-state index contributed by atoms with van der Waals surface area (Å²) in [6.07, 6.45) is 17.2. The van der Waals surface area contributed by atoms with Crippen molar-refractivity contribution in [3.05, 3.63) is 95.8 Å². The molecule has 1 aromatic rings. The lowest BCUT2D eigenvalue weighted by Crippen LogP contribution is -1.98. The molecule has 0 aromatic heterocycles. The van der Waals surface area contributed by atoms with Crippen LogP contribution in [0.5, 0.6) is 0 Å². The van der Waals surface area contributed by atoms with Gasteiger partial charge < -0.3 is 9.47 Å². The first-order valence-corrected chi connectivity index (χ1v) is 11.2. The molecule has 6 heteroatoms.